The largest absolute Gasteiger partial charge is 0.360 e. The second kappa shape index (κ2) is 6.27. The molecule has 0 unspecified atom stereocenters. The van der Waals surface area contributed by atoms with E-state index in [9.17, 15) is 9.18 Å². The summed E-state index contributed by atoms with van der Waals surface area (Å²) in [5.74, 6) is 0.718. The summed E-state index contributed by atoms with van der Waals surface area (Å²) < 4.78 is 18.0. The van der Waals surface area contributed by atoms with E-state index >= 15 is 0 Å². The van der Waals surface area contributed by atoms with Gasteiger partial charge in [0.15, 0.2) is 5.82 Å². The lowest BCUT2D eigenvalue weighted by Crippen LogP contribution is -2.33. The number of nitrogens with zero attached hydrogens (tertiary/aromatic N) is 2. The Bertz CT molecular complexity index is 654. The predicted molar refractivity (Wildman–Crippen MR) is 79.8 cm³/mol. The fourth-order valence-electron chi connectivity index (χ4n) is 2.87. The minimum Gasteiger partial charge on any atom is -0.360 e. The third-order valence-corrected chi connectivity index (χ3v) is 3.86. The lowest BCUT2D eigenvalue weighted by molar-refractivity contribution is -0.117. The zero-order valence-corrected chi connectivity index (χ0v) is 12.4. The summed E-state index contributed by atoms with van der Waals surface area (Å²) in [7, 11) is 0. The minimum atomic E-state index is -0.243. The standard InChI is InChI=1S/C16H18FN3O2/c1-11-9-15(19-22-11)18-16(21)10-20-8-2-3-14(20)12-4-6-13(17)7-5-12/h4-7,9,14H,2-3,8,10H2,1H3,(H,18,19,21)/t14-/m0/s1. The first-order chi connectivity index (χ1) is 10.6. The van der Waals surface area contributed by atoms with Gasteiger partial charge in [-0.1, -0.05) is 17.3 Å². The molecule has 1 saturated heterocycles. The van der Waals surface area contributed by atoms with Gasteiger partial charge in [0.1, 0.15) is 11.6 Å². The van der Waals surface area contributed by atoms with Crippen molar-refractivity contribution in [2.75, 3.05) is 18.4 Å². The molecule has 1 N–H and O–H groups in total. The number of likely N-dealkylation sites (tertiary alicyclic amines) is 1. The van der Waals surface area contributed by atoms with Crippen molar-refractivity contribution in [3.63, 3.8) is 0 Å². The molecule has 0 aliphatic carbocycles. The first-order valence-corrected chi connectivity index (χ1v) is 7.34. The van der Waals surface area contributed by atoms with E-state index in [-0.39, 0.29) is 24.3 Å². The Kier molecular flexibility index (Phi) is 4.20. The van der Waals surface area contributed by atoms with Crippen LogP contribution in [0, 0.1) is 12.7 Å². The lowest BCUT2D eigenvalue weighted by atomic mass is 10.0. The highest BCUT2D eigenvalue weighted by Gasteiger charge is 2.27. The Morgan fingerprint density at radius 1 is 1.45 bits per heavy atom. The predicted octanol–water partition coefficient (Wildman–Crippen LogP) is 2.90. The molecule has 1 fully saturated rings. The summed E-state index contributed by atoms with van der Waals surface area (Å²) in [6, 6.07) is 8.34. The van der Waals surface area contributed by atoms with Gasteiger partial charge < -0.3 is 9.84 Å². The molecule has 2 heterocycles. The summed E-state index contributed by atoms with van der Waals surface area (Å²) in [5.41, 5.74) is 1.05. The van der Waals surface area contributed by atoms with E-state index in [0.717, 1.165) is 24.9 Å². The molecule has 1 aliphatic rings. The average Bonchev–Trinajstić information content (AvgIpc) is 3.09. The van der Waals surface area contributed by atoms with Crippen LogP contribution in [-0.4, -0.2) is 29.1 Å². The first-order valence-electron chi connectivity index (χ1n) is 7.34. The summed E-state index contributed by atoms with van der Waals surface area (Å²) in [4.78, 5) is 14.2. The molecule has 3 rings (SSSR count). The molecule has 0 bridgehead atoms. The highest BCUT2D eigenvalue weighted by Crippen LogP contribution is 2.31. The molecule has 1 atom stereocenters. The molecule has 5 nitrogen and oxygen atoms in total. The van der Waals surface area contributed by atoms with Crippen LogP contribution in [0.2, 0.25) is 0 Å². The fraction of sp³-hybridized carbons (Fsp3) is 0.375. The molecule has 1 aliphatic heterocycles. The van der Waals surface area contributed by atoms with E-state index in [1.165, 1.54) is 12.1 Å². The van der Waals surface area contributed by atoms with Crippen molar-refractivity contribution in [3.05, 3.63) is 47.5 Å². The van der Waals surface area contributed by atoms with Crippen LogP contribution < -0.4 is 5.32 Å². The Hall–Kier alpha value is -2.21. The smallest absolute Gasteiger partial charge is 0.239 e. The quantitative estimate of drug-likeness (QED) is 0.943. The number of nitrogens with one attached hydrogen (secondary N) is 1. The van der Waals surface area contributed by atoms with Crippen molar-refractivity contribution >= 4 is 11.7 Å². The monoisotopic (exact) mass is 303 g/mol. The third-order valence-electron chi connectivity index (χ3n) is 3.86. The minimum absolute atomic E-state index is 0.123. The number of amides is 1. The van der Waals surface area contributed by atoms with Crippen molar-refractivity contribution in [1.29, 1.82) is 0 Å². The number of rotatable bonds is 4. The molecule has 0 radical (unpaired) electrons. The van der Waals surface area contributed by atoms with Crippen LogP contribution in [-0.2, 0) is 4.79 Å². The zero-order chi connectivity index (χ0) is 15.5. The van der Waals surface area contributed by atoms with Gasteiger partial charge in [0.2, 0.25) is 5.91 Å². The van der Waals surface area contributed by atoms with Gasteiger partial charge in [0.25, 0.3) is 0 Å². The van der Waals surface area contributed by atoms with Crippen molar-refractivity contribution in [2.24, 2.45) is 0 Å². The Morgan fingerprint density at radius 2 is 2.23 bits per heavy atom. The summed E-state index contributed by atoms with van der Waals surface area (Å²) >= 11 is 0. The van der Waals surface area contributed by atoms with E-state index < -0.39 is 0 Å². The molecule has 1 aromatic heterocycles. The second-order valence-electron chi connectivity index (χ2n) is 5.55. The number of halogens is 1. The Labute approximate surface area is 128 Å². The lowest BCUT2D eigenvalue weighted by Gasteiger charge is -2.24. The number of benzene rings is 1. The van der Waals surface area contributed by atoms with E-state index in [1.54, 1.807) is 25.1 Å². The number of anilines is 1. The topological polar surface area (TPSA) is 58.4 Å². The van der Waals surface area contributed by atoms with Crippen molar-refractivity contribution in [2.45, 2.75) is 25.8 Å². The van der Waals surface area contributed by atoms with Crippen molar-refractivity contribution in [1.82, 2.24) is 10.1 Å². The van der Waals surface area contributed by atoms with Crippen LogP contribution in [0.3, 0.4) is 0 Å². The molecule has 6 heteroatoms. The van der Waals surface area contributed by atoms with Gasteiger partial charge in [-0.3, -0.25) is 9.69 Å². The van der Waals surface area contributed by atoms with E-state index in [2.05, 4.69) is 15.4 Å². The van der Waals surface area contributed by atoms with E-state index in [4.69, 9.17) is 4.52 Å². The van der Waals surface area contributed by atoms with Crippen LogP contribution >= 0.6 is 0 Å². The number of aromatic nitrogens is 1. The number of hydrogen-bond donors (Lipinski definition) is 1. The third kappa shape index (κ3) is 3.33. The van der Waals surface area contributed by atoms with E-state index in [0.29, 0.717) is 11.6 Å². The molecule has 116 valence electrons. The molecular weight excluding hydrogens is 285 g/mol. The van der Waals surface area contributed by atoms with Gasteiger partial charge in [0.05, 0.1) is 6.54 Å². The number of carbonyl (C=O) groups excluding carboxylic acids is 1. The molecular formula is C16H18FN3O2. The number of aryl methyl sites for hydroxylation is 1. The van der Waals surface area contributed by atoms with Gasteiger partial charge in [-0.2, -0.15) is 0 Å². The Balaban J connectivity index is 1.63. The van der Waals surface area contributed by atoms with Gasteiger partial charge in [0, 0.05) is 12.1 Å². The van der Waals surface area contributed by atoms with Gasteiger partial charge in [-0.05, 0) is 44.0 Å². The SMILES string of the molecule is Cc1cc(NC(=O)CN2CCC[C@H]2c2ccc(F)cc2)no1. The summed E-state index contributed by atoms with van der Waals surface area (Å²) in [5, 5.41) is 6.48. The molecule has 0 saturated carbocycles. The fourth-order valence-corrected chi connectivity index (χ4v) is 2.87. The summed E-state index contributed by atoms with van der Waals surface area (Å²) in [6.45, 7) is 2.91. The zero-order valence-electron chi connectivity index (χ0n) is 12.4. The normalized spacial score (nSPS) is 18.5. The summed E-state index contributed by atoms with van der Waals surface area (Å²) in [6.07, 6.45) is 2.00. The van der Waals surface area contributed by atoms with Crippen LogP contribution in [0.1, 0.15) is 30.2 Å². The number of hydrogen-bond acceptors (Lipinski definition) is 4. The van der Waals surface area contributed by atoms with Crippen LogP contribution in [0.25, 0.3) is 0 Å². The Morgan fingerprint density at radius 3 is 2.91 bits per heavy atom. The van der Waals surface area contributed by atoms with Crippen molar-refractivity contribution in [3.8, 4) is 0 Å². The highest BCUT2D eigenvalue weighted by molar-refractivity contribution is 5.91. The van der Waals surface area contributed by atoms with Crippen LogP contribution in [0.4, 0.5) is 10.2 Å². The van der Waals surface area contributed by atoms with Gasteiger partial charge in [-0.15, -0.1) is 0 Å². The van der Waals surface area contributed by atoms with Crippen LogP contribution in [0.15, 0.2) is 34.9 Å². The second-order valence-corrected chi connectivity index (χ2v) is 5.55. The number of carbonyl (C=O) groups is 1. The maximum atomic E-state index is 13.0. The maximum absolute atomic E-state index is 13.0. The molecule has 0 spiro atoms. The molecule has 22 heavy (non-hydrogen) atoms. The first kappa shape index (κ1) is 14.7. The molecule has 2 aromatic rings. The molecule has 1 aromatic carbocycles. The molecule has 1 amide bonds. The average molecular weight is 303 g/mol. The highest BCUT2D eigenvalue weighted by atomic mass is 19.1. The maximum Gasteiger partial charge on any atom is 0.239 e. The van der Waals surface area contributed by atoms with Crippen molar-refractivity contribution < 1.29 is 13.7 Å². The van der Waals surface area contributed by atoms with E-state index in [1.807, 2.05) is 0 Å². The van der Waals surface area contributed by atoms with Crippen LogP contribution in [0.5, 0.6) is 0 Å². The van der Waals surface area contributed by atoms with Gasteiger partial charge >= 0.3 is 0 Å². The van der Waals surface area contributed by atoms with Gasteiger partial charge in [-0.25, -0.2) is 4.39 Å².